The number of para-hydroxylation sites is 1. The summed E-state index contributed by atoms with van der Waals surface area (Å²) in [5.74, 6) is -1.52. The molecule has 0 bridgehead atoms. The Hall–Kier alpha value is -2.08. The molecular weight excluding hydrogens is 312 g/mol. The minimum absolute atomic E-state index is 0.264. The van der Waals surface area contributed by atoms with Gasteiger partial charge in [-0.1, -0.05) is 18.2 Å². The van der Waals surface area contributed by atoms with Gasteiger partial charge in [0.05, 0.1) is 39.3 Å². The maximum absolute atomic E-state index is 12.3. The second-order valence-electron chi connectivity index (χ2n) is 5.99. The Morgan fingerprint density at radius 2 is 1.58 bits per heavy atom. The van der Waals surface area contributed by atoms with Crippen LogP contribution in [-0.2, 0) is 19.1 Å². The van der Waals surface area contributed by atoms with Gasteiger partial charge in [0.2, 0.25) is 0 Å². The molecule has 0 spiro atoms. The van der Waals surface area contributed by atoms with Gasteiger partial charge in [-0.3, -0.25) is 9.59 Å². The summed E-state index contributed by atoms with van der Waals surface area (Å²) in [5.41, 5.74) is 0.833. The molecule has 0 aromatic heterocycles. The molecule has 1 fully saturated rings. The first kappa shape index (κ1) is 18.3. The molecule has 4 atom stereocenters. The Balaban J connectivity index is 2.40. The molecule has 2 rings (SSSR count). The van der Waals surface area contributed by atoms with Crippen molar-refractivity contribution in [3.05, 3.63) is 29.8 Å². The second-order valence-corrected chi connectivity index (χ2v) is 5.99. The van der Waals surface area contributed by atoms with Crippen molar-refractivity contribution in [3.63, 3.8) is 0 Å². The van der Waals surface area contributed by atoms with E-state index in [1.807, 2.05) is 24.3 Å². The van der Waals surface area contributed by atoms with Crippen LogP contribution in [0.25, 0.3) is 0 Å². The van der Waals surface area contributed by atoms with E-state index in [9.17, 15) is 14.7 Å². The average molecular weight is 336 g/mol. The normalized spacial score (nSPS) is 27.0. The molecule has 0 amide bonds. The van der Waals surface area contributed by atoms with E-state index in [0.717, 1.165) is 5.56 Å². The quantitative estimate of drug-likeness (QED) is 0.668. The average Bonchev–Trinajstić information content (AvgIpc) is 2.79. The predicted octanol–water partition coefficient (Wildman–Crippen LogP) is 1.90. The highest BCUT2D eigenvalue weighted by Gasteiger charge is 2.41. The van der Waals surface area contributed by atoms with Crippen LogP contribution in [0.3, 0.4) is 0 Å². The van der Waals surface area contributed by atoms with E-state index in [4.69, 9.17) is 14.2 Å². The first-order valence-electron chi connectivity index (χ1n) is 8.00. The number of methoxy groups -OCH3 is 3. The molecule has 0 aliphatic heterocycles. The van der Waals surface area contributed by atoms with Gasteiger partial charge in [-0.15, -0.1) is 0 Å². The molecule has 0 unspecified atom stereocenters. The van der Waals surface area contributed by atoms with Crippen molar-refractivity contribution >= 4 is 11.9 Å². The molecule has 6 nitrogen and oxygen atoms in total. The molecule has 1 aliphatic carbocycles. The van der Waals surface area contributed by atoms with Crippen molar-refractivity contribution in [2.75, 3.05) is 21.3 Å². The van der Waals surface area contributed by atoms with Crippen LogP contribution in [-0.4, -0.2) is 44.5 Å². The van der Waals surface area contributed by atoms with Crippen molar-refractivity contribution in [1.82, 2.24) is 0 Å². The highest BCUT2D eigenvalue weighted by molar-refractivity contribution is 5.75. The number of hydrogen-bond acceptors (Lipinski definition) is 6. The molecular formula is C18H24O6. The van der Waals surface area contributed by atoms with Crippen LogP contribution in [0.5, 0.6) is 5.75 Å². The topological polar surface area (TPSA) is 82.1 Å². The van der Waals surface area contributed by atoms with Crippen molar-refractivity contribution < 1.29 is 28.9 Å². The van der Waals surface area contributed by atoms with Gasteiger partial charge < -0.3 is 19.3 Å². The summed E-state index contributed by atoms with van der Waals surface area (Å²) in [6.45, 7) is 0. The molecule has 0 saturated heterocycles. The van der Waals surface area contributed by atoms with E-state index in [1.54, 1.807) is 7.11 Å². The number of aliphatic hydroxyl groups excluding tert-OH is 1. The van der Waals surface area contributed by atoms with Crippen LogP contribution >= 0.6 is 0 Å². The minimum Gasteiger partial charge on any atom is -0.496 e. The Bertz CT molecular complexity index is 585. The van der Waals surface area contributed by atoms with Crippen LogP contribution in [0.4, 0.5) is 0 Å². The summed E-state index contributed by atoms with van der Waals surface area (Å²) < 4.78 is 15.1. The molecule has 1 N–H and O–H groups in total. The second kappa shape index (κ2) is 8.15. The molecule has 0 radical (unpaired) electrons. The van der Waals surface area contributed by atoms with Gasteiger partial charge in [-0.25, -0.2) is 0 Å². The number of carbonyl (C=O) groups excluding carboxylic acids is 2. The Labute approximate surface area is 141 Å². The van der Waals surface area contributed by atoms with Crippen molar-refractivity contribution in [3.8, 4) is 5.75 Å². The molecule has 1 aliphatic rings. The van der Waals surface area contributed by atoms with E-state index in [-0.39, 0.29) is 18.3 Å². The van der Waals surface area contributed by atoms with Gasteiger partial charge >= 0.3 is 11.9 Å². The lowest BCUT2D eigenvalue weighted by atomic mass is 9.81. The van der Waals surface area contributed by atoms with E-state index < -0.39 is 23.9 Å². The predicted molar refractivity (Wildman–Crippen MR) is 86.6 cm³/mol. The standard InChI is InChI=1S/C18H24O6/c1-22-16-7-5-4-6-11(16)14-10-15(19)13(18(21)24-3)9-8-12(14)17(20)23-2/h4-7,12-15,19H,8-10H2,1-3H3/t12-,13+,14+,15+/m1/s1. The number of hydrogen-bond donors (Lipinski definition) is 1. The monoisotopic (exact) mass is 336 g/mol. The van der Waals surface area contributed by atoms with Crippen molar-refractivity contribution in [2.45, 2.75) is 31.3 Å². The zero-order valence-electron chi connectivity index (χ0n) is 14.2. The first-order chi connectivity index (χ1) is 11.5. The van der Waals surface area contributed by atoms with E-state index in [0.29, 0.717) is 18.6 Å². The van der Waals surface area contributed by atoms with Crippen LogP contribution < -0.4 is 4.74 Å². The van der Waals surface area contributed by atoms with Crippen LogP contribution in [0.15, 0.2) is 24.3 Å². The fraction of sp³-hybridized carbons (Fsp3) is 0.556. The molecule has 24 heavy (non-hydrogen) atoms. The van der Waals surface area contributed by atoms with Crippen LogP contribution in [0, 0.1) is 11.8 Å². The smallest absolute Gasteiger partial charge is 0.311 e. The molecule has 1 aromatic carbocycles. The number of rotatable bonds is 4. The lowest BCUT2D eigenvalue weighted by molar-refractivity contribution is -0.150. The zero-order chi connectivity index (χ0) is 17.7. The Morgan fingerprint density at radius 1 is 1.00 bits per heavy atom. The zero-order valence-corrected chi connectivity index (χ0v) is 14.2. The number of ether oxygens (including phenoxy) is 3. The Kier molecular flexibility index (Phi) is 6.20. The summed E-state index contributed by atoms with van der Waals surface area (Å²) in [4.78, 5) is 24.2. The molecule has 6 heteroatoms. The van der Waals surface area contributed by atoms with E-state index >= 15 is 0 Å². The first-order valence-corrected chi connectivity index (χ1v) is 8.00. The maximum Gasteiger partial charge on any atom is 0.311 e. The van der Waals surface area contributed by atoms with Crippen LogP contribution in [0.2, 0.25) is 0 Å². The highest BCUT2D eigenvalue weighted by Crippen LogP contribution is 2.42. The van der Waals surface area contributed by atoms with E-state index in [2.05, 4.69) is 0 Å². The maximum atomic E-state index is 12.3. The van der Waals surface area contributed by atoms with Gasteiger partial charge in [0, 0.05) is 5.92 Å². The third-order valence-electron chi connectivity index (χ3n) is 4.78. The molecule has 132 valence electrons. The number of esters is 2. The van der Waals surface area contributed by atoms with Gasteiger partial charge in [-0.05, 0) is 30.9 Å². The molecule has 1 saturated carbocycles. The third kappa shape index (κ3) is 3.70. The van der Waals surface area contributed by atoms with Crippen LogP contribution in [0.1, 0.15) is 30.7 Å². The minimum atomic E-state index is -0.887. The Morgan fingerprint density at radius 3 is 2.21 bits per heavy atom. The lowest BCUT2D eigenvalue weighted by Crippen LogP contribution is -2.29. The van der Waals surface area contributed by atoms with Gasteiger partial charge in [0.1, 0.15) is 5.75 Å². The number of aliphatic hydroxyl groups is 1. The largest absolute Gasteiger partial charge is 0.496 e. The SMILES string of the molecule is COC(=O)[C@H]1CC[C@@H](C(=O)OC)[C@H](c2ccccc2OC)C[C@@H]1O. The van der Waals surface area contributed by atoms with Crippen molar-refractivity contribution in [2.24, 2.45) is 11.8 Å². The lowest BCUT2D eigenvalue weighted by Gasteiger charge is -2.26. The van der Waals surface area contributed by atoms with Gasteiger partial charge in [-0.2, -0.15) is 0 Å². The summed E-state index contributed by atoms with van der Waals surface area (Å²) >= 11 is 0. The summed E-state index contributed by atoms with van der Waals surface area (Å²) in [6.07, 6.45) is 0.188. The van der Waals surface area contributed by atoms with E-state index in [1.165, 1.54) is 14.2 Å². The molecule has 1 aromatic rings. The highest BCUT2D eigenvalue weighted by atomic mass is 16.5. The number of benzene rings is 1. The van der Waals surface area contributed by atoms with Gasteiger partial charge in [0.25, 0.3) is 0 Å². The molecule has 0 heterocycles. The summed E-state index contributed by atoms with van der Waals surface area (Å²) in [6, 6.07) is 7.41. The summed E-state index contributed by atoms with van der Waals surface area (Å²) in [5, 5.41) is 10.5. The van der Waals surface area contributed by atoms with Gasteiger partial charge in [0.15, 0.2) is 0 Å². The van der Waals surface area contributed by atoms with Crippen molar-refractivity contribution in [1.29, 1.82) is 0 Å². The third-order valence-corrected chi connectivity index (χ3v) is 4.78. The summed E-state index contributed by atoms with van der Waals surface area (Å²) in [7, 11) is 4.21. The fourth-order valence-corrected chi connectivity index (χ4v) is 3.52. The fourth-order valence-electron chi connectivity index (χ4n) is 3.52. The number of carbonyl (C=O) groups is 2.